The molecule has 4 aliphatic rings. The lowest BCUT2D eigenvalue weighted by molar-refractivity contribution is -0.156. The number of nitrogens with zero attached hydrogens (tertiary/aromatic N) is 1. The average molecular weight is 485 g/mol. The van der Waals surface area contributed by atoms with Crippen molar-refractivity contribution in [2.75, 3.05) is 7.11 Å². The summed E-state index contributed by atoms with van der Waals surface area (Å²) in [5.41, 5.74) is 2.35. The molecule has 2 amide bonds. The van der Waals surface area contributed by atoms with Gasteiger partial charge in [0.1, 0.15) is 6.04 Å². The van der Waals surface area contributed by atoms with E-state index in [1.54, 1.807) is 18.7 Å². The number of ether oxygens (including phenoxy) is 1. The van der Waals surface area contributed by atoms with Gasteiger partial charge >= 0.3 is 10.8 Å². The number of amides is 2. The predicted octanol–water partition coefficient (Wildman–Crippen LogP) is 2.78. The summed E-state index contributed by atoms with van der Waals surface area (Å²) in [6.07, 6.45) is 0.831. The highest BCUT2D eigenvalue weighted by Gasteiger charge is 2.70. The fraction of sp³-hybridized carbons (Fsp3) is 0.500. The molecule has 3 heterocycles. The third-order valence-corrected chi connectivity index (χ3v) is 10.8. The van der Waals surface area contributed by atoms with Crippen LogP contribution in [0.2, 0.25) is 0 Å². The number of carbonyl (C=O) groups excluding carboxylic acids is 3. The molecule has 2 bridgehead atoms. The van der Waals surface area contributed by atoms with Crippen LogP contribution >= 0.6 is 23.1 Å². The summed E-state index contributed by atoms with van der Waals surface area (Å²) < 4.78 is 4.82. The predicted molar refractivity (Wildman–Crippen MR) is 123 cm³/mol. The zero-order valence-corrected chi connectivity index (χ0v) is 20.1. The zero-order chi connectivity index (χ0) is 23.2. The topological polar surface area (TPSA) is 96.5 Å². The van der Waals surface area contributed by atoms with E-state index in [9.17, 15) is 19.2 Å². The van der Waals surface area contributed by atoms with Crippen molar-refractivity contribution >= 4 is 40.9 Å². The largest absolute Gasteiger partial charge is 0.467 e. The number of fused-ring (bicyclic) bond motifs is 9. The van der Waals surface area contributed by atoms with Crippen molar-refractivity contribution in [3.63, 3.8) is 0 Å². The van der Waals surface area contributed by atoms with Crippen LogP contribution in [0.4, 0.5) is 0 Å². The number of H-pyrrole nitrogens is 1. The summed E-state index contributed by atoms with van der Waals surface area (Å²) in [7, 11) is 1.27. The maximum atomic E-state index is 13.5. The maximum Gasteiger partial charge on any atom is 0.328 e. The molecule has 2 aliphatic heterocycles. The molecule has 6 rings (SSSR count). The van der Waals surface area contributed by atoms with Crippen LogP contribution in [0.3, 0.4) is 0 Å². The van der Waals surface area contributed by atoms with Crippen LogP contribution in [-0.4, -0.2) is 46.1 Å². The van der Waals surface area contributed by atoms with Gasteiger partial charge in [0, 0.05) is 16.0 Å². The number of benzene rings is 1. The number of rotatable bonds is 3. The van der Waals surface area contributed by atoms with Crippen LogP contribution in [0, 0.1) is 36.5 Å². The number of aromatic amines is 1. The van der Waals surface area contributed by atoms with E-state index in [2.05, 4.69) is 24.0 Å². The molecule has 2 aliphatic carbocycles. The minimum Gasteiger partial charge on any atom is -0.467 e. The Morgan fingerprint density at radius 3 is 2.55 bits per heavy atom. The van der Waals surface area contributed by atoms with Crippen LogP contribution in [0.5, 0.6) is 0 Å². The number of methoxy groups -OCH3 is 1. The monoisotopic (exact) mass is 484 g/mol. The minimum absolute atomic E-state index is 0.0160. The fourth-order valence-corrected chi connectivity index (χ4v) is 9.86. The highest BCUT2D eigenvalue weighted by atomic mass is 32.2. The van der Waals surface area contributed by atoms with Gasteiger partial charge < -0.3 is 9.72 Å². The van der Waals surface area contributed by atoms with Gasteiger partial charge in [0.15, 0.2) is 0 Å². The van der Waals surface area contributed by atoms with Crippen LogP contribution in [0.15, 0.2) is 34.1 Å². The van der Waals surface area contributed by atoms with Gasteiger partial charge in [0.05, 0.1) is 24.0 Å². The first kappa shape index (κ1) is 21.2. The Morgan fingerprint density at radius 2 is 1.85 bits per heavy atom. The molecule has 0 spiro atoms. The first-order valence-corrected chi connectivity index (χ1v) is 12.9. The van der Waals surface area contributed by atoms with Crippen molar-refractivity contribution in [3.05, 3.63) is 49.9 Å². The van der Waals surface area contributed by atoms with E-state index in [0.717, 1.165) is 26.8 Å². The molecule has 1 N–H and O–H groups in total. The molecule has 3 fully saturated rings. The van der Waals surface area contributed by atoms with Crippen molar-refractivity contribution in [3.8, 4) is 0 Å². The zero-order valence-electron chi connectivity index (χ0n) is 18.4. The Balaban J connectivity index is 1.45. The van der Waals surface area contributed by atoms with E-state index in [1.807, 2.05) is 12.1 Å². The number of thioether (sulfide) groups is 1. The lowest BCUT2D eigenvalue weighted by Gasteiger charge is -2.43. The molecule has 1 saturated heterocycles. The van der Waals surface area contributed by atoms with Crippen molar-refractivity contribution in [1.82, 2.24) is 9.88 Å². The standard InChI is InChI=1S/C24H24N2O5S2/c1-9-6-4-5-7-11(9)14-15-12-8-13(18(15)32-20-19(14)33-24(30)25-20)17-16(12)21(27)26(22(17)28)10(2)23(29)31-3/h4-7,10,12-18H,8H2,1-3H3,(H,25,30). The highest BCUT2D eigenvalue weighted by Crippen LogP contribution is 2.68. The molecule has 1 aromatic heterocycles. The molecule has 33 heavy (non-hydrogen) atoms. The molecule has 1 aromatic carbocycles. The van der Waals surface area contributed by atoms with Gasteiger partial charge in [-0.2, -0.15) is 0 Å². The summed E-state index contributed by atoms with van der Waals surface area (Å²) in [4.78, 5) is 56.6. The molecular formula is C24H24N2O5S2. The number of carbonyl (C=O) groups is 3. The maximum absolute atomic E-state index is 13.5. The number of aromatic nitrogens is 1. The first-order chi connectivity index (χ1) is 15.8. The van der Waals surface area contributed by atoms with Crippen LogP contribution in [0.1, 0.15) is 35.3 Å². The number of imide groups is 1. The molecule has 2 saturated carbocycles. The number of hydrogen-bond acceptors (Lipinski definition) is 7. The highest BCUT2D eigenvalue weighted by molar-refractivity contribution is 8.00. The average Bonchev–Trinajstić information content (AvgIpc) is 3.52. The Kier molecular flexibility index (Phi) is 4.68. The number of nitrogens with one attached hydrogen (secondary N) is 1. The molecule has 7 nitrogen and oxygen atoms in total. The smallest absolute Gasteiger partial charge is 0.328 e. The lowest BCUT2D eigenvalue weighted by Crippen LogP contribution is -2.45. The van der Waals surface area contributed by atoms with Crippen LogP contribution in [0.25, 0.3) is 0 Å². The van der Waals surface area contributed by atoms with Gasteiger partial charge in [-0.3, -0.25) is 19.3 Å². The normalized spacial score (nSPS) is 34.8. The van der Waals surface area contributed by atoms with Crippen molar-refractivity contribution in [1.29, 1.82) is 0 Å². The van der Waals surface area contributed by atoms with Crippen molar-refractivity contribution in [2.24, 2.45) is 29.6 Å². The Bertz CT molecular complexity index is 1250. The molecule has 0 radical (unpaired) electrons. The summed E-state index contributed by atoms with van der Waals surface area (Å²) in [6.45, 7) is 3.64. The molecule has 2 aromatic rings. The summed E-state index contributed by atoms with van der Waals surface area (Å²) >= 11 is 2.93. The SMILES string of the molecule is COC(=O)C(C)N1C(=O)C2C3CC(C2C1=O)C1C(c2ccccc2C)c2sc(=O)[nH]c2SC31. The van der Waals surface area contributed by atoms with E-state index >= 15 is 0 Å². The van der Waals surface area contributed by atoms with E-state index in [0.29, 0.717) is 0 Å². The molecule has 9 heteroatoms. The second-order valence-electron chi connectivity index (χ2n) is 9.56. The Labute approximate surface area is 198 Å². The number of hydrogen-bond donors (Lipinski definition) is 1. The summed E-state index contributed by atoms with van der Waals surface area (Å²) in [5, 5.41) is 1.05. The fourth-order valence-electron chi connectivity index (χ4n) is 6.98. The molecule has 8 unspecified atom stereocenters. The van der Waals surface area contributed by atoms with Crippen molar-refractivity contribution in [2.45, 2.75) is 42.5 Å². The second kappa shape index (κ2) is 7.30. The van der Waals surface area contributed by atoms with E-state index < -0.39 is 23.8 Å². The molecular weight excluding hydrogens is 460 g/mol. The van der Waals surface area contributed by atoms with Gasteiger partial charge in [-0.1, -0.05) is 35.6 Å². The molecule has 172 valence electrons. The minimum atomic E-state index is -0.917. The third kappa shape index (κ3) is 2.75. The van der Waals surface area contributed by atoms with Gasteiger partial charge in [0.2, 0.25) is 11.8 Å². The number of aryl methyl sites for hydroxylation is 1. The van der Waals surface area contributed by atoms with Gasteiger partial charge in [-0.05, 0) is 49.1 Å². The number of likely N-dealkylation sites (tertiary alicyclic amines) is 1. The van der Waals surface area contributed by atoms with Crippen LogP contribution in [-0.2, 0) is 19.1 Å². The van der Waals surface area contributed by atoms with E-state index in [4.69, 9.17) is 4.74 Å². The van der Waals surface area contributed by atoms with Crippen molar-refractivity contribution < 1.29 is 19.1 Å². The molecule has 8 atom stereocenters. The summed E-state index contributed by atoms with van der Waals surface area (Å²) in [6, 6.07) is 7.32. The van der Waals surface area contributed by atoms with Gasteiger partial charge in [0.25, 0.3) is 0 Å². The first-order valence-electron chi connectivity index (χ1n) is 11.2. The number of esters is 1. The Hall–Kier alpha value is -2.39. The lowest BCUT2D eigenvalue weighted by atomic mass is 9.67. The Morgan fingerprint density at radius 1 is 1.15 bits per heavy atom. The van der Waals surface area contributed by atoms with Crippen LogP contribution < -0.4 is 4.87 Å². The second-order valence-corrected chi connectivity index (χ2v) is 11.8. The van der Waals surface area contributed by atoms with Gasteiger partial charge in [-0.25, -0.2) is 4.79 Å². The quantitative estimate of drug-likeness (QED) is 0.532. The van der Waals surface area contributed by atoms with E-state index in [-0.39, 0.29) is 45.6 Å². The van der Waals surface area contributed by atoms with E-state index in [1.165, 1.54) is 24.0 Å². The number of thiazole rings is 1. The summed E-state index contributed by atoms with van der Waals surface area (Å²) in [5.74, 6) is -1.60. The van der Waals surface area contributed by atoms with Gasteiger partial charge in [-0.15, -0.1) is 11.8 Å². The third-order valence-electron chi connectivity index (χ3n) is 8.21.